The van der Waals surface area contributed by atoms with Gasteiger partial charge in [-0.2, -0.15) is 0 Å². The number of piperazine rings is 1. The average molecular weight is 266 g/mol. The number of rotatable bonds is 3. The molecule has 0 aromatic rings. The Labute approximate surface area is 118 Å². The first kappa shape index (κ1) is 13.8. The Hall–Kier alpha value is -0.120. The lowest BCUT2D eigenvalue weighted by atomic mass is 9.76. The fourth-order valence-corrected chi connectivity index (χ4v) is 4.66. The smallest absolute Gasteiger partial charge is 0.0589 e. The summed E-state index contributed by atoms with van der Waals surface area (Å²) >= 11 is 0. The first-order chi connectivity index (χ1) is 9.29. The van der Waals surface area contributed by atoms with E-state index in [1.165, 1.54) is 70.9 Å². The van der Waals surface area contributed by atoms with Crippen LogP contribution in [-0.4, -0.2) is 49.3 Å². The van der Waals surface area contributed by atoms with E-state index in [4.69, 9.17) is 4.74 Å². The Balaban J connectivity index is 1.73. The lowest BCUT2D eigenvalue weighted by Gasteiger charge is -2.55. The Bertz CT molecular complexity index is 293. The Morgan fingerprint density at radius 2 is 1.68 bits per heavy atom. The number of hydrogen-bond acceptors (Lipinski definition) is 3. The maximum absolute atomic E-state index is 5.37. The van der Waals surface area contributed by atoms with Crippen LogP contribution in [-0.2, 0) is 4.74 Å². The minimum absolute atomic E-state index is 0.441. The highest BCUT2D eigenvalue weighted by Crippen LogP contribution is 2.41. The molecule has 1 aliphatic heterocycles. The lowest BCUT2D eigenvalue weighted by molar-refractivity contribution is -0.0296. The van der Waals surface area contributed by atoms with Crippen molar-refractivity contribution in [1.82, 2.24) is 10.2 Å². The maximum atomic E-state index is 5.37. The van der Waals surface area contributed by atoms with E-state index < -0.39 is 0 Å². The molecule has 1 saturated heterocycles. The van der Waals surface area contributed by atoms with E-state index in [1.54, 1.807) is 0 Å². The number of nitrogens with zero attached hydrogens (tertiary/aromatic N) is 1. The minimum atomic E-state index is 0.441. The van der Waals surface area contributed by atoms with Crippen molar-refractivity contribution < 1.29 is 4.74 Å². The maximum Gasteiger partial charge on any atom is 0.0589 e. The van der Waals surface area contributed by atoms with Crippen LogP contribution >= 0.6 is 0 Å². The summed E-state index contributed by atoms with van der Waals surface area (Å²) in [5, 5.41) is 3.98. The van der Waals surface area contributed by atoms with E-state index in [9.17, 15) is 0 Å². The minimum Gasteiger partial charge on any atom is -0.383 e. The van der Waals surface area contributed by atoms with Gasteiger partial charge in [-0.3, -0.25) is 4.90 Å². The third kappa shape index (κ3) is 2.70. The molecule has 0 amide bonds. The van der Waals surface area contributed by atoms with Gasteiger partial charge in [0.15, 0.2) is 0 Å². The van der Waals surface area contributed by atoms with Gasteiger partial charge in [0.05, 0.1) is 6.61 Å². The molecule has 3 nitrogen and oxygen atoms in total. The van der Waals surface area contributed by atoms with Crippen LogP contribution < -0.4 is 5.32 Å². The predicted molar refractivity (Wildman–Crippen MR) is 78.5 cm³/mol. The zero-order valence-corrected chi connectivity index (χ0v) is 12.5. The molecule has 19 heavy (non-hydrogen) atoms. The number of hydrogen-bond donors (Lipinski definition) is 1. The molecule has 0 unspecified atom stereocenters. The Morgan fingerprint density at radius 3 is 2.37 bits per heavy atom. The topological polar surface area (TPSA) is 24.5 Å². The fraction of sp³-hybridized carbons (Fsp3) is 1.00. The summed E-state index contributed by atoms with van der Waals surface area (Å²) in [6.07, 6.45) is 12.6. The molecular weight excluding hydrogens is 236 g/mol. The normalized spacial score (nSPS) is 30.2. The zero-order valence-electron chi connectivity index (χ0n) is 12.5. The standard InChI is InChI=1S/C16H30N2O/c1-19-12-11-18-14-15(7-5-6-8-15)17-13-16(18)9-3-2-4-10-16/h17H,2-14H2,1H3. The van der Waals surface area contributed by atoms with Crippen molar-refractivity contribution in [3.8, 4) is 0 Å². The van der Waals surface area contributed by atoms with Gasteiger partial charge in [-0.1, -0.05) is 32.1 Å². The molecular formula is C16H30N2O. The molecule has 0 radical (unpaired) electrons. The molecule has 3 aliphatic rings. The van der Waals surface area contributed by atoms with Crippen LogP contribution in [0, 0.1) is 0 Å². The van der Waals surface area contributed by atoms with Crippen LogP contribution in [0.2, 0.25) is 0 Å². The van der Waals surface area contributed by atoms with Crippen LogP contribution in [0.4, 0.5) is 0 Å². The van der Waals surface area contributed by atoms with E-state index in [1.807, 2.05) is 7.11 Å². The summed E-state index contributed by atoms with van der Waals surface area (Å²) in [7, 11) is 1.83. The Morgan fingerprint density at radius 1 is 1.00 bits per heavy atom. The van der Waals surface area contributed by atoms with Crippen LogP contribution in [0.5, 0.6) is 0 Å². The third-order valence-electron chi connectivity index (χ3n) is 5.87. The monoisotopic (exact) mass is 266 g/mol. The highest BCUT2D eigenvalue weighted by Gasteiger charge is 2.48. The molecule has 1 N–H and O–H groups in total. The van der Waals surface area contributed by atoms with Gasteiger partial charge in [0.2, 0.25) is 0 Å². The van der Waals surface area contributed by atoms with Gasteiger partial charge in [-0.15, -0.1) is 0 Å². The first-order valence-electron chi connectivity index (χ1n) is 8.28. The molecule has 3 heteroatoms. The van der Waals surface area contributed by atoms with Crippen LogP contribution in [0.25, 0.3) is 0 Å². The predicted octanol–water partition coefficient (Wildman–Crippen LogP) is 2.55. The second-order valence-electron chi connectivity index (χ2n) is 7.04. The highest BCUT2D eigenvalue weighted by molar-refractivity contribution is 5.07. The summed E-state index contributed by atoms with van der Waals surface area (Å²) in [6, 6.07) is 0. The van der Waals surface area contributed by atoms with Crippen molar-refractivity contribution in [2.75, 3.05) is 33.4 Å². The third-order valence-corrected chi connectivity index (χ3v) is 5.87. The molecule has 110 valence electrons. The molecule has 3 rings (SSSR count). The fourth-order valence-electron chi connectivity index (χ4n) is 4.66. The van der Waals surface area contributed by atoms with Crippen molar-refractivity contribution in [2.45, 2.75) is 68.9 Å². The van der Waals surface area contributed by atoms with Gasteiger partial charge in [0.1, 0.15) is 0 Å². The van der Waals surface area contributed by atoms with Gasteiger partial charge < -0.3 is 10.1 Å². The molecule has 3 fully saturated rings. The number of nitrogens with one attached hydrogen (secondary N) is 1. The van der Waals surface area contributed by atoms with Crippen molar-refractivity contribution in [3.05, 3.63) is 0 Å². The second-order valence-corrected chi connectivity index (χ2v) is 7.04. The summed E-state index contributed by atoms with van der Waals surface area (Å²) in [4.78, 5) is 2.80. The number of methoxy groups -OCH3 is 1. The van der Waals surface area contributed by atoms with Crippen molar-refractivity contribution in [3.63, 3.8) is 0 Å². The molecule has 0 aromatic heterocycles. The lowest BCUT2D eigenvalue weighted by Crippen LogP contribution is -2.70. The molecule has 0 bridgehead atoms. The molecule has 2 aliphatic carbocycles. The van der Waals surface area contributed by atoms with Crippen molar-refractivity contribution in [2.24, 2.45) is 0 Å². The van der Waals surface area contributed by atoms with E-state index in [-0.39, 0.29) is 0 Å². The summed E-state index contributed by atoms with van der Waals surface area (Å²) in [5.74, 6) is 0. The molecule has 2 saturated carbocycles. The summed E-state index contributed by atoms with van der Waals surface area (Å²) in [6.45, 7) is 4.49. The molecule has 1 heterocycles. The summed E-state index contributed by atoms with van der Waals surface area (Å²) in [5.41, 5.74) is 0.890. The largest absolute Gasteiger partial charge is 0.383 e. The summed E-state index contributed by atoms with van der Waals surface area (Å²) < 4.78 is 5.37. The Kier molecular flexibility index (Phi) is 4.16. The van der Waals surface area contributed by atoms with E-state index in [0.717, 1.165) is 13.2 Å². The van der Waals surface area contributed by atoms with Gasteiger partial charge in [0.25, 0.3) is 0 Å². The van der Waals surface area contributed by atoms with E-state index in [2.05, 4.69) is 10.2 Å². The second kappa shape index (κ2) is 5.71. The van der Waals surface area contributed by atoms with E-state index in [0.29, 0.717) is 11.1 Å². The first-order valence-corrected chi connectivity index (χ1v) is 8.28. The zero-order chi connectivity index (χ0) is 13.2. The number of ether oxygens (including phenoxy) is 1. The average Bonchev–Trinajstić information content (AvgIpc) is 2.90. The van der Waals surface area contributed by atoms with Crippen molar-refractivity contribution in [1.29, 1.82) is 0 Å². The SMILES string of the molecule is COCCN1CC2(CCCC2)NCC12CCCCC2. The van der Waals surface area contributed by atoms with Gasteiger partial charge in [-0.05, 0) is 25.7 Å². The molecule has 2 spiro atoms. The van der Waals surface area contributed by atoms with Gasteiger partial charge in [0, 0.05) is 37.8 Å². The highest BCUT2D eigenvalue weighted by atomic mass is 16.5. The quantitative estimate of drug-likeness (QED) is 0.849. The van der Waals surface area contributed by atoms with Crippen LogP contribution in [0.15, 0.2) is 0 Å². The van der Waals surface area contributed by atoms with E-state index >= 15 is 0 Å². The van der Waals surface area contributed by atoms with Gasteiger partial charge >= 0.3 is 0 Å². The van der Waals surface area contributed by atoms with Crippen LogP contribution in [0.1, 0.15) is 57.8 Å². The molecule has 0 atom stereocenters. The van der Waals surface area contributed by atoms with Crippen molar-refractivity contribution >= 4 is 0 Å². The van der Waals surface area contributed by atoms with Gasteiger partial charge in [-0.25, -0.2) is 0 Å². The van der Waals surface area contributed by atoms with Crippen LogP contribution in [0.3, 0.4) is 0 Å². The molecule has 0 aromatic carbocycles.